The van der Waals surface area contributed by atoms with Crippen LogP contribution in [-0.4, -0.2) is 169 Å². The first kappa shape index (κ1) is 57.7. The largest absolute Gasteiger partial charge is 0.508 e. The molecule has 0 unspecified atom stereocenters. The molecule has 27 nitrogen and oxygen atoms in total. The molecule has 2 rings (SSSR count). The number of hydrogen-bond donors (Lipinski definition) is 17. The number of aliphatic hydroxyl groups excluding tert-OH is 4. The molecule has 27 heteroatoms. The first-order valence-corrected chi connectivity index (χ1v) is 21.2. The van der Waals surface area contributed by atoms with Crippen LogP contribution in [0, 0.1) is 0 Å². The molecule has 0 saturated heterocycles. The predicted octanol–water partition coefficient (Wildman–Crippen LogP) is -7.03. The quantitative estimate of drug-likeness (QED) is 0.0360. The van der Waals surface area contributed by atoms with Gasteiger partial charge in [0.2, 0.25) is 53.2 Å². The normalized spacial score (nSPS) is 15.3. The molecule has 0 aliphatic heterocycles. The van der Waals surface area contributed by atoms with Crippen LogP contribution < -0.4 is 54.4 Å². The zero-order valence-corrected chi connectivity index (χ0v) is 37.5. The van der Waals surface area contributed by atoms with Crippen molar-refractivity contribution in [1.82, 2.24) is 37.2 Å². The second kappa shape index (κ2) is 28.0. The average Bonchev–Trinajstić information content (AvgIpc) is 3.28. The van der Waals surface area contributed by atoms with Crippen molar-refractivity contribution in [1.29, 1.82) is 0 Å². The number of nitrogens with two attached hydrogens (primary N) is 3. The Hall–Kier alpha value is -7.46. The lowest BCUT2D eigenvalue weighted by Crippen LogP contribution is -2.62. The Bertz CT molecular complexity index is 2120. The van der Waals surface area contributed by atoms with Gasteiger partial charge < -0.3 is 90.2 Å². The van der Waals surface area contributed by atoms with Crippen molar-refractivity contribution in [2.24, 2.45) is 17.2 Å². The van der Waals surface area contributed by atoms with Crippen LogP contribution in [0.4, 0.5) is 0 Å². The number of carboxylic acids is 1. The summed E-state index contributed by atoms with van der Waals surface area (Å²) in [5, 5.41) is 85.3. The van der Waals surface area contributed by atoms with Crippen molar-refractivity contribution in [2.75, 3.05) is 13.2 Å². The van der Waals surface area contributed by atoms with E-state index >= 15 is 0 Å². The van der Waals surface area contributed by atoms with Crippen molar-refractivity contribution < 1.29 is 83.7 Å². The number of hydrogen-bond acceptors (Lipinski definition) is 17. The number of aliphatic hydroxyl groups is 4. The van der Waals surface area contributed by atoms with E-state index in [1.54, 1.807) is 0 Å². The smallest absolute Gasteiger partial charge is 0.328 e. The maximum Gasteiger partial charge on any atom is 0.328 e. The van der Waals surface area contributed by atoms with Crippen LogP contribution in [0.25, 0.3) is 0 Å². The highest BCUT2D eigenvalue weighted by Gasteiger charge is 2.36. The first-order valence-electron chi connectivity index (χ1n) is 21.2. The highest BCUT2D eigenvalue weighted by Crippen LogP contribution is 2.14. The van der Waals surface area contributed by atoms with Gasteiger partial charge in [0, 0.05) is 25.7 Å². The van der Waals surface area contributed by atoms with E-state index in [2.05, 4.69) is 37.2 Å². The third kappa shape index (κ3) is 19.7. The van der Waals surface area contributed by atoms with E-state index < -0.39 is 152 Å². The van der Waals surface area contributed by atoms with Gasteiger partial charge in [-0.25, -0.2) is 4.79 Å². The third-order valence-electron chi connectivity index (χ3n) is 10.1. The minimum Gasteiger partial charge on any atom is -0.508 e. The molecule has 2 aromatic rings. The van der Waals surface area contributed by atoms with Gasteiger partial charge in [-0.1, -0.05) is 24.3 Å². The molecule has 2 aromatic carbocycles. The monoisotopic (exact) mass is 976 g/mol. The molecule has 0 fully saturated rings. The number of carbonyl (C=O) groups excluding carboxylic acids is 9. The Morgan fingerprint density at radius 2 is 0.812 bits per heavy atom. The number of benzene rings is 2. The van der Waals surface area contributed by atoms with Crippen molar-refractivity contribution in [3.05, 3.63) is 59.7 Å². The van der Waals surface area contributed by atoms with Crippen LogP contribution in [0.5, 0.6) is 11.5 Å². The molecule has 380 valence electrons. The molecule has 0 bridgehead atoms. The minimum atomic E-state index is -1.92. The highest BCUT2D eigenvalue weighted by molar-refractivity contribution is 5.98. The Balaban J connectivity index is 2.36. The van der Waals surface area contributed by atoms with E-state index in [1.165, 1.54) is 48.5 Å². The molecule has 0 saturated carbocycles. The van der Waals surface area contributed by atoms with Gasteiger partial charge in [0.05, 0.1) is 31.5 Å². The SMILES string of the molecule is C[C@@H](O)[C@H](NC(=O)[C@H](Cc1ccc(O)cc1)NC(=O)[C@H](CO)NC(=O)[C@H](CO)NC(=O)[C@H](Cc1ccc(O)cc1)NC(=O)[C@@H](NC(=O)[C@H](CCC(N)=O)NC(=O)[C@@H](N)CCC(N)=O)[C@@H](C)O)C(=O)O. The number of aromatic hydroxyl groups is 2. The van der Waals surface area contributed by atoms with Gasteiger partial charge in [0.25, 0.3) is 0 Å². The molecule has 0 aliphatic rings. The molecule has 0 aliphatic carbocycles. The topological polar surface area (TPSA) is 475 Å². The molecular weight excluding hydrogens is 917 g/mol. The van der Waals surface area contributed by atoms with Crippen LogP contribution in [0.15, 0.2) is 48.5 Å². The second-order valence-electron chi connectivity index (χ2n) is 15.8. The van der Waals surface area contributed by atoms with Gasteiger partial charge in [0.1, 0.15) is 47.8 Å². The van der Waals surface area contributed by atoms with E-state index in [-0.39, 0.29) is 30.8 Å². The minimum absolute atomic E-state index is 0.144. The average molecular weight is 977 g/mol. The van der Waals surface area contributed by atoms with Gasteiger partial charge in [-0.2, -0.15) is 0 Å². The van der Waals surface area contributed by atoms with E-state index in [1.807, 2.05) is 0 Å². The van der Waals surface area contributed by atoms with Gasteiger partial charge >= 0.3 is 5.97 Å². The fourth-order valence-corrected chi connectivity index (χ4v) is 6.19. The van der Waals surface area contributed by atoms with Crippen molar-refractivity contribution in [3.63, 3.8) is 0 Å². The molecule has 10 atom stereocenters. The predicted molar refractivity (Wildman–Crippen MR) is 237 cm³/mol. The number of carboxylic acid groups (broad SMARTS) is 1. The van der Waals surface area contributed by atoms with Crippen LogP contribution in [0.3, 0.4) is 0 Å². The lowest BCUT2D eigenvalue weighted by Gasteiger charge is -2.28. The molecular formula is C42H60N10O17. The first-order chi connectivity index (χ1) is 32.4. The van der Waals surface area contributed by atoms with E-state index in [0.717, 1.165) is 13.8 Å². The summed E-state index contributed by atoms with van der Waals surface area (Å²) in [6.07, 6.45) is -5.38. The fraction of sp³-hybridized carbons (Fsp3) is 0.476. The second-order valence-corrected chi connectivity index (χ2v) is 15.8. The van der Waals surface area contributed by atoms with Crippen molar-refractivity contribution in [2.45, 2.75) is 113 Å². The maximum absolute atomic E-state index is 13.9. The van der Waals surface area contributed by atoms with Crippen LogP contribution in [0.1, 0.15) is 50.7 Å². The molecule has 9 amide bonds. The fourth-order valence-electron chi connectivity index (χ4n) is 6.19. The third-order valence-corrected chi connectivity index (χ3v) is 10.1. The van der Waals surface area contributed by atoms with Gasteiger partial charge in [-0.15, -0.1) is 0 Å². The van der Waals surface area contributed by atoms with Crippen molar-refractivity contribution in [3.8, 4) is 11.5 Å². The Labute approximate surface area is 393 Å². The van der Waals surface area contributed by atoms with E-state index in [9.17, 15) is 83.7 Å². The van der Waals surface area contributed by atoms with Crippen LogP contribution in [0.2, 0.25) is 0 Å². The van der Waals surface area contributed by atoms with Crippen molar-refractivity contribution >= 4 is 59.1 Å². The van der Waals surface area contributed by atoms with Crippen LogP contribution >= 0.6 is 0 Å². The number of primary amides is 2. The maximum atomic E-state index is 13.9. The van der Waals surface area contributed by atoms with Gasteiger partial charge in [0.15, 0.2) is 6.04 Å². The molecule has 0 aromatic heterocycles. The number of aliphatic carboxylic acids is 1. The molecule has 0 heterocycles. The summed E-state index contributed by atoms with van der Waals surface area (Å²) >= 11 is 0. The van der Waals surface area contributed by atoms with Crippen LogP contribution in [-0.2, 0) is 60.8 Å². The van der Waals surface area contributed by atoms with Gasteiger partial charge in [-0.05, 0) is 62.1 Å². The summed E-state index contributed by atoms with van der Waals surface area (Å²) in [4.78, 5) is 129. The lowest BCUT2D eigenvalue weighted by molar-refractivity contribution is -0.145. The standard InChI is InChI=1S/C42H60N10O17/c1-19(55)33(51-36(62)26(12-14-32(45)60)46-35(61)25(43)11-13-31(44)59)41(67)48-27(15-21-3-7-23(57)8-4-21)37(63)49-30(18-54)40(66)50-29(17-53)39(65)47-28(16-22-5-9-24(58)10-6-22)38(64)52-34(20(2)56)42(68)69/h3-10,19-20,25-30,33-34,53-58H,11-18,43H2,1-2H3,(H2,44,59)(H2,45,60)(H,46,61)(H,47,65)(H,48,67)(H,49,63)(H,50,66)(H,51,62)(H,52,64)(H,68,69)/t19-,20-,25+,26+,27+,28+,29+,30+,33+,34+/m1/s1. The highest BCUT2D eigenvalue weighted by atomic mass is 16.4. The molecule has 20 N–H and O–H groups in total. The summed E-state index contributed by atoms with van der Waals surface area (Å²) in [5.74, 6) is -11.7. The zero-order valence-electron chi connectivity index (χ0n) is 37.5. The molecule has 69 heavy (non-hydrogen) atoms. The number of nitrogens with one attached hydrogen (secondary N) is 7. The Morgan fingerprint density at radius 1 is 0.478 bits per heavy atom. The summed E-state index contributed by atoms with van der Waals surface area (Å²) in [6.45, 7) is -0.120. The summed E-state index contributed by atoms with van der Waals surface area (Å²) in [5.41, 5.74) is 16.8. The Kier molecular flexibility index (Phi) is 23.4. The number of amides is 9. The summed E-state index contributed by atoms with van der Waals surface area (Å²) < 4.78 is 0. The van der Waals surface area contributed by atoms with E-state index in [4.69, 9.17) is 17.2 Å². The number of phenols is 2. The lowest BCUT2D eigenvalue weighted by atomic mass is 10.0. The van der Waals surface area contributed by atoms with Gasteiger partial charge in [-0.3, -0.25) is 43.2 Å². The summed E-state index contributed by atoms with van der Waals surface area (Å²) in [7, 11) is 0. The Morgan fingerprint density at radius 3 is 1.20 bits per heavy atom. The van der Waals surface area contributed by atoms with E-state index in [0.29, 0.717) is 11.1 Å². The summed E-state index contributed by atoms with van der Waals surface area (Å²) in [6, 6.07) is -3.27. The zero-order chi connectivity index (χ0) is 52.1. The number of carbonyl (C=O) groups is 10. The molecule has 0 radical (unpaired) electrons. The molecule has 0 spiro atoms. The number of rotatable bonds is 29. The number of phenolic OH excluding ortho intramolecular Hbond substituents is 2.